The van der Waals surface area contributed by atoms with Crippen LogP contribution in [0.15, 0.2) is 54.1 Å². The predicted molar refractivity (Wildman–Crippen MR) is 83.1 cm³/mol. The van der Waals surface area contributed by atoms with E-state index < -0.39 is 6.10 Å². The molecule has 0 aliphatic heterocycles. The van der Waals surface area contributed by atoms with E-state index in [4.69, 9.17) is 16.3 Å². The zero-order valence-corrected chi connectivity index (χ0v) is 12.3. The van der Waals surface area contributed by atoms with Crippen molar-refractivity contribution in [3.05, 3.63) is 70.3 Å². The third-order valence-corrected chi connectivity index (χ3v) is 3.38. The van der Waals surface area contributed by atoms with E-state index >= 15 is 0 Å². The summed E-state index contributed by atoms with van der Waals surface area (Å²) in [5.74, 6) is 0.778. The maximum absolute atomic E-state index is 10.3. The molecule has 0 saturated heterocycles. The van der Waals surface area contributed by atoms with Gasteiger partial charge in [-0.2, -0.15) is 0 Å². The van der Waals surface area contributed by atoms with Gasteiger partial charge in [-0.25, -0.2) is 0 Å². The smallest absolute Gasteiger partial charge is 0.118 e. The molecule has 104 valence electrons. The Bertz CT molecular complexity index is 585. The van der Waals surface area contributed by atoms with Gasteiger partial charge in [0.25, 0.3) is 0 Å². The summed E-state index contributed by atoms with van der Waals surface area (Å²) in [5.41, 5.74) is 2.73. The normalized spacial score (nSPS) is 13.1. The highest BCUT2D eigenvalue weighted by molar-refractivity contribution is 6.30. The van der Waals surface area contributed by atoms with Crippen LogP contribution < -0.4 is 4.74 Å². The van der Waals surface area contributed by atoms with Gasteiger partial charge in [-0.3, -0.25) is 0 Å². The van der Waals surface area contributed by atoms with E-state index in [1.54, 1.807) is 7.11 Å². The van der Waals surface area contributed by atoms with Crippen LogP contribution in [0.1, 0.15) is 24.2 Å². The lowest BCUT2D eigenvalue weighted by atomic mass is 10.0. The molecule has 1 N–H and O–H groups in total. The number of halogens is 1. The summed E-state index contributed by atoms with van der Waals surface area (Å²) >= 11 is 5.85. The number of methoxy groups -OCH3 is 1. The number of hydrogen-bond donors (Lipinski definition) is 1. The van der Waals surface area contributed by atoms with E-state index in [9.17, 15) is 5.11 Å². The quantitative estimate of drug-likeness (QED) is 0.898. The zero-order chi connectivity index (χ0) is 14.5. The molecule has 0 radical (unpaired) electrons. The Balaban J connectivity index is 2.18. The van der Waals surface area contributed by atoms with Crippen LogP contribution in [-0.4, -0.2) is 12.2 Å². The minimum atomic E-state index is -0.628. The Labute approximate surface area is 124 Å². The standard InChI is InChI=1S/C17H17ClO2/c1-12(11-13-3-7-15(18)8-4-13)17(19)14-5-9-16(20-2)10-6-14/h3-11,17,19H,1-2H3/b12-11+. The lowest BCUT2D eigenvalue weighted by Gasteiger charge is -2.12. The van der Waals surface area contributed by atoms with Crippen molar-refractivity contribution in [3.8, 4) is 5.75 Å². The van der Waals surface area contributed by atoms with E-state index in [0.717, 1.165) is 22.4 Å². The second kappa shape index (κ2) is 6.60. The number of ether oxygens (including phenoxy) is 1. The van der Waals surface area contributed by atoms with Crippen LogP contribution in [0.3, 0.4) is 0 Å². The summed E-state index contributed by atoms with van der Waals surface area (Å²) in [6, 6.07) is 14.9. The fraction of sp³-hybridized carbons (Fsp3) is 0.176. The van der Waals surface area contributed by atoms with E-state index in [1.807, 2.05) is 61.5 Å². The third kappa shape index (κ3) is 3.62. The minimum Gasteiger partial charge on any atom is -0.497 e. The summed E-state index contributed by atoms with van der Waals surface area (Å²) in [7, 11) is 1.62. The minimum absolute atomic E-state index is 0.628. The van der Waals surface area contributed by atoms with Crippen LogP contribution in [0.2, 0.25) is 5.02 Å². The molecule has 1 atom stereocenters. The highest BCUT2D eigenvalue weighted by Crippen LogP contribution is 2.25. The van der Waals surface area contributed by atoms with Crippen LogP contribution in [0.5, 0.6) is 5.75 Å². The molecule has 0 aliphatic carbocycles. The second-order valence-corrected chi connectivity index (χ2v) is 5.05. The molecule has 0 bridgehead atoms. The van der Waals surface area contributed by atoms with Crippen LogP contribution in [0.25, 0.3) is 6.08 Å². The number of benzene rings is 2. The highest BCUT2D eigenvalue weighted by Gasteiger charge is 2.09. The first-order chi connectivity index (χ1) is 9.60. The van der Waals surface area contributed by atoms with Crippen molar-refractivity contribution in [1.29, 1.82) is 0 Å². The fourth-order valence-corrected chi connectivity index (χ4v) is 2.08. The number of aliphatic hydroxyl groups is 1. The van der Waals surface area contributed by atoms with Gasteiger partial charge in [0.1, 0.15) is 11.9 Å². The number of hydrogen-bond acceptors (Lipinski definition) is 2. The first-order valence-electron chi connectivity index (χ1n) is 6.36. The van der Waals surface area contributed by atoms with Crippen molar-refractivity contribution in [2.24, 2.45) is 0 Å². The molecule has 0 aromatic heterocycles. The summed E-state index contributed by atoms with van der Waals surface area (Å²) in [4.78, 5) is 0. The molecule has 0 saturated carbocycles. The lowest BCUT2D eigenvalue weighted by Crippen LogP contribution is -1.99. The Morgan fingerprint density at radius 3 is 2.25 bits per heavy atom. The van der Waals surface area contributed by atoms with Crippen LogP contribution >= 0.6 is 11.6 Å². The Morgan fingerprint density at radius 2 is 1.70 bits per heavy atom. The van der Waals surface area contributed by atoms with Gasteiger partial charge in [0, 0.05) is 5.02 Å². The third-order valence-electron chi connectivity index (χ3n) is 3.13. The number of aliphatic hydroxyl groups excluding tert-OH is 1. The summed E-state index contributed by atoms with van der Waals surface area (Å²) in [6.45, 7) is 1.91. The molecular formula is C17H17ClO2. The van der Waals surface area contributed by atoms with E-state index in [0.29, 0.717) is 5.02 Å². The maximum atomic E-state index is 10.3. The SMILES string of the molecule is COc1ccc(C(O)/C(C)=C/c2ccc(Cl)cc2)cc1. The average molecular weight is 289 g/mol. The van der Waals surface area contributed by atoms with Gasteiger partial charge in [-0.1, -0.05) is 41.9 Å². The van der Waals surface area contributed by atoms with Crippen molar-refractivity contribution in [2.75, 3.05) is 7.11 Å². The first-order valence-corrected chi connectivity index (χ1v) is 6.73. The van der Waals surface area contributed by atoms with Crippen molar-refractivity contribution < 1.29 is 9.84 Å². The fourth-order valence-electron chi connectivity index (χ4n) is 1.95. The first kappa shape index (κ1) is 14.6. The number of rotatable bonds is 4. The molecule has 0 aliphatic rings. The molecule has 2 nitrogen and oxygen atoms in total. The molecule has 0 spiro atoms. The van der Waals surface area contributed by atoms with Gasteiger partial charge in [0.2, 0.25) is 0 Å². The van der Waals surface area contributed by atoms with E-state index in [-0.39, 0.29) is 0 Å². The van der Waals surface area contributed by atoms with Crippen molar-refractivity contribution >= 4 is 17.7 Å². The molecule has 2 aromatic carbocycles. The monoisotopic (exact) mass is 288 g/mol. The van der Waals surface area contributed by atoms with Crippen molar-refractivity contribution in [2.45, 2.75) is 13.0 Å². The van der Waals surface area contributed by atoms with Crippen LogP contribution in [-0.2, 0) is 0 Å². The molecule has 0 amide bonds. The van der Waals surface area contributed by atoms with E-state index in [1.165, 1.54) is 0 Å². The Hall–Kier alpha value is -1.77. The molecule has 2 rings (SSSR count). The highest BCUT2D eigenvalue weighted by atomic mass is 35.5. The van der Waals surface area contributed by atoms with E-state index in [2.05, 4.69) is 0 Å². The molecule has 20 heavy (non-hydrogen) atoms. The summed E-state index contributed by atoms with van der Waals surface area (Å²) in [6.07, 6.45) is 1.32. The molecule has 0 fully saturated rings. The Morgan fingerprint density at radius 1 is 1.10 bits per heavy atom. The van der Waals surface area contributed by atoms with Gasteiger partial charge < -0.3 is 9.84 Å². The van der Waals surface area contributed by atoms with Crippen LogP contribution in [0, 0.1) is 0 Å². The maximum Gasteiger partial charge on any atom is 0.118 e. The van der Waals surface area contributed by atoms with Gasteiger partial charge in [-0.15, -0.1) is 0 Å². The van der Waals surface area contributed by atoms with Crippen LogP contribution in [0.4, 0.5) is 0 Å². The summed E-state index contributed by atoms with van der Waals surface area (Å²) < 4.78 is 5.11. The largest absolute Gasteiger partial charge is 0.497 e. The van der Waals surface area contributed by atoms with Gasteiger partial charge in [0.15, 0.2) is 0 Å². The zero-order valence-electron chi connectivity index (χ0n) is 11.5. The van der Waals surface area contributed by atoms with Gasteiger partial charge in [-0.05, 0) is 47.9 Å². The molecule has 3 heteroatoms. The summed E-state index contributed by atoms with van der Waals surface area (Å²) in [5, 5.41) is 11.0. The van der Waals surface area contributed by atoms with Crippen molar-refractivity contribution in [3.63, 3.8) is 0 Å². The van der Waals surface area contributed by atoms with Gasteiger partial charge in [0.05, 0.1) is 7.11 Å². The van der Waals surface area contributed by atoms with Gasteiger partial charge >= 0.3 is 0 Å². The molecular weight excluding hydrogens is 272 g/mol. The molecule has 0 heterocycles. The lowest BCUT2D eigenvalue weighted by molar-refractivity contribution is 0.217. The topological polar surface area (TPSA) is 29.5 Å². The Kier molecular flexibility index (Phi) is 4.83. The molecule has 2 aromatic rings. The van der Waals surface area contributed by atoms with Crippen molar-refractivity contribution in [1.82, 2.24) is 0 Å². The second-order valence-electron chi connectivity index (χ2n) is 4.62. The molecule has 1 unspecified atom stereocenters. The predicted octanol–water partition coefficient (Wildman–Crippen LogP) is 4.49. The average Bonchev–Trinajstić information content (AvgIpc) is 2.49.